The maximum Gasteiger partial charge on any atom is 0.174 e. The average Bonchev–Trinajstić information content (AvgIpc) is 2.27. The molecule has 0 radical (unpaired) electrons. The third kappa shape index (κ3) is 2.54. The molecule has 0 unspecified atom stereocenters. The Morgan fingerprint density at radius 3 is 2.31 bits per heavy atom. The molecule has 0 saturated heterocycles. The lowest BCUT2D eigenvalue weighted by Crippen LogP contribution is -1.88. The van der Waals surface area contributed by atoms with Crippen molar-refractivity contribution < 1.29 is 0 Å². The van der Waals surface area contributed by atoms with Gasteiger partial charge in [-0.15, -0.1) is 10.2 Å². The second-order valence-electron chi connectivity index (χ2n) is 3.25. The summed E-state index contributed by atoms with van der Waals surface area (Å²) in [5.74, 6) is 0.545. The lowest BCUT2D eigenvalue weighted by atomic mass is 10.2. The molecule has 1 aromatic heterocycles. The van der Waals surface area contributed by atoms with Crippen LogP contribution in [0, 0.1) is 0 Å². The summed E-state index contributed by atoms with van der Waals surface area (Å²) in [4.78, 5) is 4.02. The summed E-state index contributed by atoms with van der Waals surface area (Å²) in [7, 11) is 0. The van der Waals surface area contributed by atoms with E-state index in [2.05, 4.69) is 15.2 Å². The van der Waals surface area contributed by atoms with E-state index >= 15 is 0 Å². The SMILES string of the molecule is Nc1cc(N)cc(N=Nc2ccccn2)c1. The average molecular weight is 213 g/mol. The maximum absolute atomic E-state index is 5.63. The zero-order chi connectivity index (χ0) is 11.4. The van der Waals surface area contributed by atoms with E-state index in [1.807, 2.05) is 12.1 Å². The molecule has 4 N–H and O–H groups in total. The van der Waals surface area contributed by atoms with E-state index in [9.17, 15) is 0 Å². The van der Waals surface area contributed by atoms with Gasteiger partial charge in [0.2, 0.25) is 0 Å². The van der Waals surface area contributed by atoms with Gasteiger partial charge in [0.05, 0.1) is 5.69 Å². The zero-order valence-electron chi connectivity index (χ0n) is 8.54. The molecule has 0 amide bonds. The minimum Gasteiger partial charge on any atom is -0.399 e. The summed E-state index contributed by atoms with van der Waals surface area (Å²) >= 11 is 0. The van der Waals surface area contributed by atoms with Crippen molar-refractivity contribution in [3.8, 4) is 0 Å². The fourth-order valence-corrected chi connectivity index (χ4v) is 1.24. The number of benzene rings is 1. The molecule has 0 aliphatic heterocycles. The van der Waals surface area contributed by atoms with Crippen molar-refractivity contribution in [2.24, 2.45) is 10.2 Å². The van der Waals surface area contributed by atoms with Crippen LogP contribution in [0.25, 0.3) is 0 Å². The number of anilines is 2. The molecular weight excluding hydrogens is 202 g/mol. The van der Waals surface area contributed by atoms with E-state index in [4.69, 9.17) is 11.5 Å². The molecule has 0 fully saturated rings. The normalized spacial score (nSPS) is 10.8. The third-order valence-electron chi connectivity index (χ3n) is 1.88. The molecule has 1 heterocycles. The van der Waals surface area contributed by atoms with Gasteiger partial charge in [-0.1, -0.05) is 6.07 Å². The quantitative estimate of drug-likeness (QED) is 0.593. The third-order valence-corrected chi connectivity index (χ3v) is 1.88. The van der Waals surface area contributed by atoms with Gasteiger partial charge in [-0.05, 0) is 30.3 Å². The fourth-order valence-electron chi connectivity index (χ4n) is 1.24. The molecule has 80 valence electrons. The first-order valence-electron chi connectivity index (χ1n) is 4.73. The van der Waals surface area contributed by atoms with Crippen LogP contribution in [-0.2, 0) is 0 Å². The highest BCUT2D eigenvalue weighted by atomic mass is 15.1. The van der Waals surface area contributed by atoms with Gasteiger partial charge in [0.15, 0.2) is 5.82 Å². The van der Waals surface area contributed by atoms with E-state index < -0.39 is 0 Å². The summed E-state index contributed by atoms with van der Waals surface area (Å²) in [5, 5.41) is 7.96. The zero-order valence-corrected chi connectivity index (χ0v) is 8.54. The van der Waals surface area contributed by atoms with Crippen LogP contribution in [0.15, 0.2) is 52.8 Å². The summed E-state index contributed by atoms with van der Waals surface area (Å²) in [6.07, 6.45) is 1.65. The van der Waals surface area contributed by atoms with Crippen LogP contribution < -0.4 is 11.5 Å². The first kappa shape index (κ1) is 10.1. The molecule has 0 saturated carbocycles. The van der Waals surface area contributed by atoms with E-state index in [0.717, 1.165) is 0 Å². The van der Waals surface area contributed by atoms with Crippen molar-refractivity contribution in [1.29, 1.82) is 0 Å². The van der Waals surface area contributed by atoms with Crippen LogP contribution in [0.4, 0.5) is 22.9 Å². The van der Waals surface area contributed by atoms with Crippen molar-refractivity contribution in [1.82, 2.24) is 4.98 Å². The molecule has 5 nitrogen and oxygen atoms in total. The van der Waals surface area contributed by atoms with Crippen LogP contribution in [0.3, 0.4) is 0 Å². The Balaban J connectivity index is 2.24. The number of hydrogen-bond donors (Lipinski definition) is 2. The Kier molecular flexibility index (Phi) is 2.77. The number of rotatable bonds is 2. The van der Waals surface area contributed by atoms with E-state index in [1.165, 1.54) is 0 Å². The largest absolute Gasteiger partial charge is 0.399 e. The lowest BCUT2D eigenvalue weighted by molar-refractivity contribution is 1.15. The monoisotopic (exact) mass is 213 g/mol. The molecule has 2 rings (SSSR count). The molecule has 0 atom stereocenters. The molecule has 2 aromatic rings. The molecule has 0 spiro atoms. The van der Waals surface area contributed by atoms with E-state index in [0.29, 0.717) is 22.9 Å². The number of nitrogens with two attached hydrogens (primary N) is 2. The number of pyridine rings is 1. The minimum absolute atomic E-state index is 0.545. The number of nitrogen functional groups attached to an aromatic ring is 2. The number of nitrogens with zero attached hydrogens (tertiary/aromatic N) is 3. The maximum atomic E-state index is 5.63. The second kappa shape index (κ2) is 4.39. The highest BCUT2D eigenvalue weighted by molar-refractivity contribution is 5.61. The van der Waals surface area contributed by atoms with Crippen LogP contribution >= 0.6 is 0 Å². The minimum atomic E-state index is 0.545. The van der Waals surface area contributed by atoms with Gasteiger partial charge in [-0.3, -0.25) is 0 Å². The number of aromatic nitrogens is 1. The second-order valence-corrected chi connectivity index (χ2v) is 3.25. The fraction of sp³-hybridized carbons (Fsp3) is 0. The topological polar surface area (TPSA) is 89.7 Å². The van der Waals surface area contributed by atoms with Gasteiger partial charge >= 0.3 is 0 Å². The highest BCUT2D eigenvalue weighted by Crippen LogP contribution is 2.22. The van der Waals surface area contributed by atoms with Crippen LogP contribution in [-0.4, -0.2) is 4.98 Å². The van der Waals surface area contributed by atoms with Gasteiger partial charge in [0, 0.05) is 17.6 Å². The number of azo groups is 1. The van der Waals surface area contributed by atoms with Gasteiger partial charge in [-0.25, -0.2) is 4.98 Å². The smallest absolute Gasteiger partial charge is 0.174 e. The first-order chi connectivity index (χ1) is 7.74. The number of hydrogen-bond acceptors (Lipinski definition) is 5. The Morgan fingerprint density at radius 2 is 1.69 bits per heavy atom. The van der Waals surface area contributed by atoms with Crippen molar-refractivity contribution in [3.05, 3.63) is 42.6 Å². The van der Waals surface area contributed by atoms with Crippen molar-refractivity contribution >= 4 is 22.9 Å². The predicted molar refractivity (Wildman–Crippen MR) is 63.7 cm³/mol. The summed E-state index contributed by atoms with van der Waals surface area (Å²) in [6.45, 7) is 0. The van der Waals surface area contributed by atoms with Crippen molar-refractivity contribution in [2.75, 3.05) is 11.5 Å². The van der Waals surface area contributed by atoms with Gasteiger partial charge in [0.1, 0.15) is 0 Å². The predicted octanol–water partition coefficient (Wildman–Crippen LogP) is 2.66. The Morgan fingerprint density at radius 1 is 0.938 bits per heavy atom. The molecule has 5 heteroatoms. The summed E-state index contributed by atoms with van der Waals surface area (Å²) in [5.41, 5.74) is 13.0. The van der Waals surface area contributed by atoms with Gasteiger partial charge < -0.3 is 11.5 Å². The summed E-state index contributed by atoms with van der Waals surface area (Å²) in [6, 6.07) is 10.5. The van der Waals surface area contributed by atoms with Gasteiger partial charge in [0.25, 0.3) is 0 Å². The van der Waals surface area contributed by atoms with Crippen molar-refractivity contribution in [3.63, 3.8) is 0 Å². The first-order valence-corrected chi connectivity index (χ1v) is 4.73. The van der Waals surface area contributed by atoms with E-state index in [-0.39, 0.29) is 0 Å². The van der Waals surface area contributed by atoms with Crippen LogP contribution in [0.1, 0.15) is 0 Å². The Hall–Kier alpha value is -2.43. The lowest BCUT2D eigenvalue weighted by Gasteiger charge is -1.98. The molecule has 0 aliphatic carbocycles. The van der Waals surface area contributed by atoms with E-state index in [1.54, 1.807) is 30.5 Å². The molecule has 0 bridgehead atoms. The molecule has 0 aliphatic rings. The van der Waals surface area contributed by atoms with Crippen molar-refractivity contribution in [2.45, 2.75) is 0 Å². The van der Waals surface area contributed by atoms with Crippen LogP contribution in [0.2, 0.25) is 0 Å². The Bertz CT molecular complexity index is 487. The molecular formula is C11H11N5. The molecule has 16 heavy (non-hydrogen) atoms. The Labute approximate surface area is 92.8 Å². The van der Waals surface area contributed by atoms with Crippen LogP contribution in [0.5, 0.6) is 0 Å². The summed E-state index contributed by atoms with van der Waals surface area (Å²) < 4.78 is 0. The standard InChI is InChI=1S/C11H11N5/c12-8-5-9(13)7-10(6-8)15-16-11-3-1-2-4-14-11/h1-7H,12-13H2. The van der Waals surface area contributed by atoms with Gasteiger partial charge in [-0.2, -0.15) is 0 Å². The molecule has 1 aromatic carbocycles. The highest BCUT2D eigenvalue weighted by Gasteiger charge is 1.95.